The van der Waals surface area contributed by atoms with E-state index in [0.717, 1.165) is 42.5 Å². The number of aliphatic hydroxyl groups excluding tert-OH is 1. The number of allylic oxidation sites excluding steroid dienone is 2. The van der Waals surface area contributed by atoms with Crippen LogP contribution in [0.15, 0.2) is 66.6 Å². The number of nitrogens with zero attached hydrogens (tertiary/aromatic N) is 1. The van der Waals surface area contributed by atoms with Gasteiger partial charge in [0.1, 0.15) is 0 Å². The molecule has 0 atom stereocenters. The number of aryl methyl sites for hydroxylation is 2. The molecule has 3 aromatic carbocycles. The van der Waals surface area contributed by atoms with Crippen molar-refractivity contribution in [3.8, 4) is 11.3 Å². The zero-order valence-electron chi connectivity index (χ0n) is 26.9. The smallest absolute Gasteiger partial charge is 0.162 e. The van der Waals surface area contributed by atoms with E-state index in [-0.39, 0.29) is 43.5 Å². The number of aromatic nitrogens is 1. The molecule has 0 saturated heterocycles. The van der Waals surface area contributed by atoms with E-state index < -0.39 is 8.07 Å². The third-order valence-corrected chi connectivity index (χ3v) is 10.2. The van der Waals surface area contributed by atoms with Crippen molar-refractivity contribution < 1.29 is 30.0 Å². The number of carbonyl (C=O) groups is 1. The Labute approximate surface area is 268 Å². The quantitative estimate of drug-likeness (QED) is 0.0608. The van der Waals surface area contributed by atoms with Gasteiger partial charge in [0.05, 0.1) is 13.8 Å². The Kier molecular flexibility index (Phi) is 13.4. The molecule has 227 valence electrons. The molecule has 0 aliphatic heterocycles. The molecule has 1 heterocycles. The molecule has 3 nitrogen and oxygen atoms in total. The molecule has 1 radical (unpaired) electrons. The molecule has 4 rings (SSSR count). The number of aliphatic hydroxyl groups is 1. The number of hydrogen-bond acceptors (Lipinski definition) is 3. The average molecular weight is 759 g/mol. The van der Waals surface area contributed by atoms with E-state index in [1.807, 2.05) is 33.9 Å². The van der Waals surface area contributed by atoms with Crippen LogP contribution in [-0.2, 0) is 24.9 Å². The van der Waals surface area contributed by atoms with Gasteiger partial charge in [0, 0.05) is 44.2 Å². The van der Waals surface area contributed by atoms with Crippen LogP contribution in [0.3, 0.4) is 0 Å². The fraction of sp³-hybridized carbons (Fsp3) is 0.405. The summed E-state index contributed by atoms with van der Waals surface area (Å²) in [6, 6.07) is 21.4. The average Bonchev–Trinajstić information content (AvgIpc) is 2.93. The summed E-state index contributed by atoms with van der Waals surface area (Å²) >= 11 is 0. The second kappa shape index (κ2) is 15.8. The first-order chi connectivity index (χ1) is 19.4. The van der Waals surface area contributed by atoms with Crippen LogP contribution in [0.5, 0.6) is 0 Å². The Morgan fingerprint density at radius 2 is 1.48 bits per heavy atom. The van der Waals surface area contributed by atoms with E-state index in [2.05, 4.69) is 88.1 Å². The van der Waals surface area contributed by atoms with Gasteiger partial charge in [0.2, 0.25) is 0 Å². The van der Waals surface area contributed by atoms with Gasteiger partial charge in [-0.05, 0) is 59.0 Å². The fourth-order valence-electron chi connectivity index (χ4n) is 5.48. The van der Waals surface area contributed by atoms with Crippen LogP contribution in [0.1, 0.15) is 64.5 Å². The summed E-state index contributed by atoms with van der Waals surface area (Å²) < 4.78 is 0. The SMILES string of the molecule is CCC(CC)C(=O)/C=C(\O)C(CC)CC.Cc1[c-]c(-c2nccc3c2ccc2cc([Si](C)(C)C)ccc23)cc(C)c1.[Ir]. The van der Waals surface area contributed by atoms with E-state index in [0.29, 0.717) is 0 Å². The summed E-state index contributed by atoms with van der Waals surface area (Å²) in [6.45, 7) is 19.5. The number of fused-ring (bicyclic) bond motifs is 3. The summed E-state index contributed by atoms with van der Waals surface area (Å²) in [5, 5.41) is 16.3. The third kappa shape index (κ3) is 8.72. The van der Waals surface area contributed by atoms with Crippen molar-refractivity contribution in [1.29, 1.82) is 0 Å². The number of rotatable bonds is 9. The van der Waals surface area contributed by atoms with Gasteiger partial charge in [0.15, 0.2) is 5.78 Å². The second-order valence-corrected chi connectivity index (χ2v) is 17.3. The first-order valence-electron chi connectivity index (χ1n) is 15.2. The molecule has 0 saturated carbocycles. The third-order valence-electron chi connectivity index (χ3n) is 8.11. The van der Waals surface area contributed by atoms with Crippen LogP contribution >= 0.6 is 0 Å². The number of ketones is 1. The van der Waals surface area contributed by atoms with Crippen molar-refractivity contribution >= 4 is 40.6 Å². The van der Waals surface area contributed by atoms with Crippen molar-refractivity contribution in [3.05, 3.63) is 83.8 Å². The van der Waals surface area contributed by atoms with Gasteiger partial charge in [-0.3, -0.25) is 4.79 Å². The Balaban J connectivity index is 0.000000334. The van der Waals surface area contributed by atoms with Gasteiger partial charge >= 0.3 is 0 Å². The normalized spacial score (nSPS) is 11.9. The van der Waals surface area contributed by atoms with Crippen molar-refractivity contribution in [3.63, 3.8) is 0 Å². The minimum atomic E-state index is -1.31. The topological polar surface area (TPSA) is 50.2 Å². The largest absolute Gasteiger partial charge is 0.512 e. The molecule has 0 bridgehead atoms. The predicted molar refractivity (Wildman–Crippen MR) is 180 cm³/mol. The van der Waals surface area contributed by atoms with E-state index in [9.17, 15) is 9.90 Å². The standard InChI is InChI=1S/C24H24NSi.C13H24O2.Ir/c1-16-12-17(2)14-19(13-16)24-23-8-6-18-15-20(26(3,4)5)7-9-21(18)22(23)10-11-25-24;1-5-10(6-2)12(14)9-13(15)11(7-3)8-4;/h6-13,15H,1-5H3;9-11,14H,5-8H2,1-4H3;/q-1;;/b;12-9-;. The van der Waals surface area contributed by atoms with Crippen molar-refractivity contribution in [2.24, 2.45) is 11.8 Å². The monoisotopic (exact) mass is 759 g/mol. The molecule has 0 aliphatic carbocycles. The summed E-state index contributed by atoms with van der Waals surface area (Å²) in [7, 11) is -1.31. The molecular formula is C37H48IrNO2Si-. The number of benzene rings is 3. The molecule has 0 amide bonds. The first kappa shape index (κ1) is 35.6. The maximum atomic E-state index is 11.7. The molecule has 0 spiro atoms. The Morgan fingerprint density at radius 3 is 2.05 bits per heavy atom. The summed E-state index contributed by atoms with van der Waals surface area (Å²) in [4.78, 5) is 16.4. The van der Waals surface area contributed by atoms with Gasteiger partial charge < -0.3 is 10.1 Å². The minimum Gasteiger partial charge on any atom is -0.512 e. The van der Waals surface area contributed by atoms with Crippen molar-refractivity contribution in [2.75, 3.05) is 0 Å². The van der Waals surface area contributed by atoms with Gasteiger partial charge in [-0.1, -0.05) is 96.7 Å². The molecule has 1 aromatic heterocycles. The fourth-order valence-corrected chi connectivity index (χ4v) is 6.65. The van der Waals surface area contributed by atoms with E-state index in [1.54, 1.807) is 0 Å². The maximum Gasteiger partial charge on any atom is 0.162 e. The minimum absolute atomic E-state index is 0. The van der Waals surface area contributed by atoms with Crippen LogP contribution in [0.25, 0.3) is 32.8 Å². The first-order valence-corrected chi connectivity index (χ1v) is 18.7. The van der Waals surface area contributed by atoms with Gasteiger partial charge in [0.25, 0.3) is 0 Å². The van der Waals surface area contributed by atoms with Crippen molar-refractivity contribution in [2.45, 2.75) is 86.9 Å². The number of carbonyl (C=O) groups excluding carboxylic acids is 1. The molecule has 1 N–H and O–H groups in total. The van der Waals surface area contributed by atoms with Crippen LogP contribution in [-0.4, -0.2) is 23.9 Å². The second-order valence-electron chi connectivity index (χ2n) is 12.3. The van der Waals surface area contributed by atoms with E-state index in [4.69, 9.17) is 4.98 Å². The zero-order chi connectivity index (χ0) is 30.3. The van der Waals surface area contributed by atoms with Crippen LogP contribution in [0, 0.1) is 31.7 Å². The van der Waals surface area contributed by atoms with Crippen molar-refractivity contribution in [1.82, 2.24) is 4.98 Å². The summed E-state index contributed by atoms with van der Waals surface area (Å²) in [6.07, 6.45) is 6.83. The van der Waals surface area contributed by atoms with Crippen LogP contribution in [0.2, 0.25) is 19.6 Å². The predicted octanol–water partition coefficient (Wildman–Crippen LogP) is 9.88. The van der Waals surface area contributed by atoms with Crippen LogP contribution in [0.4, 0.5) is 0 Å². The number of hydrogen-bond donors (Lipinski definition) is 1. The maximum absolute atomic E-state index is 11.7. The molecule has 42 heavy (non-hydrogen) atoms. The Hall–Kier alpha value is -2.59. The Bertz CT molecular complexity index is 1510. The molecular weight excluding hydrogens is 711 g/mol. The van der Waals surface area contributed by atoms with Gasteiger partial charge in [-0.15, -0.1) is 34.9 Å². The Morgan fingerprint density at radius 1 is 0.857 bits per heavy atom. The van der Waals surface area contributed by atoms with E-state index in [1.165, 1.54) is 38.4 Å². The summed E-state index contributed by atoms with van der Waals surface area (Å²) in [5.74, 6) is 0.547. The molecule has 5 heteroatoms. The summed E-state index contributed by atoms with van der Waals surface area (Å²) in [5.41, 5.74) is 4.49. The molecule has 0 fully saturated rings. The molecule has 0 aliphatic rings. The van der Waals surface area contributed by atoms with Gasteiger partial charge in [-0.2, -0.15) is 0 Å². The zero-order valence-corrected chi connectivity index (χ0v) is 30.3. The molecule has 0 unspecified atom stereocenters. The van der Waals surface area contributed by atoms with Gasteiger partial charge in [-0.25, -0.2) is 0 Å². The molecule has 4 aromatic rings. The number of pyridine rings is 1. The van der Waals surface area contributed by atoms with E-state index >= 15 is 0 Å². The van der Waals surface area contributed by atoms with Crippen LogP contribution < -0.4 is 5.19 Å².